The second-order valence-corrected chi connectivity index (χ2v) is 2.59. The van der Waals surface area contributed by atoms with Crippen molar-refractivity contribution in [2.24, 2.45) is 0 Å². The van der Waals surface area contributed by atoms with Crippen LogP contribution in [-0.4, -0.2) is 23.8 Å². The van der Waals surface area contributed by atoms with Crippen LogP contribution in [-0.2, 0) is 0 Å². The lowest BCUT2D eigenvalue weighted by atomic mass is 10.3. The number of hydrogen-bond donors (Lipinski definition) is 2. The van der Waals surface area contributed by atoms with Crippen LogP contribution in [0.1, 0.15) is 19.8 Å². The van der Waals surface area contributed by atoms with Crippen molar-refractivity contribution < 1.29 is 5.11 Å². The Labute approximate surface area is 61.6 Å². The Balaban J connectivity index is 2.03. The van der Waals surface area contributed by atoms with Crippen molar-refractivity contribution >= 4 is 0 Å². The van der Waals surface area contributed by atoms with Crippen LogP contribution in [0.4, 0.5) is 0 Å². The summed E-state index contributed by atoms with van der Waals surface area (Å²) in [6.45, 7) is 2.35. The lowest BCUT2D eigenvalue weighted by Crippen LogP contribution is -2.27. The molecule has 0 bridgehead atoms. The predicted octanol–water partition coefficient (Wildman–Crippen LogP) is 0.123. The SMILES string of the molecule is CC#CC(O)CNC1CC1. The number of hydrogen-bond acceptors (Lipinski definition) is 2. The van der Waals surface area contributed by atoms with Crippen molar-refractivity contribution in [2.75, 3.05) is 6.54 Å². The highest BCUT2D eigenvalue weighted by Crippen LogP contribution is 2.18. The van der Waals surface area contributed by atoms with E-state index in [0.717, 1.165) is 0 Å². The van der Waals surface area contributed by atoms with Crippen molar-refractivity contribution in [2.45, 2.75) is 31.9 Å². The molecular formula is C8H13NO. The molecule has 10 heavy (non-hydrogen) atoms. The summed E-state index contributed by atoms with van der Waals surface area (Å²) >= 11 is 0. The maximum Gasteiger partial charge on any atom is 0.127 e. The molecule has 2 nitrogen and oxygen atoms in total. The molecule has 0 saturated heterocycles. The summed E-state index contributed by atoms with van der Waals surface area (Å²) in [4.78, 5) is 0. The maximum absolute atomic E-state index is 9.09. The summed E-state index contributed by atoms with van der Waals surface area (Å²) in [7, 11) is 0. The lowest BCUT2D eigenvalue weighted by molar-refractivity contribution is 0.227. The fourth-order valence-corrected chi connectivity index (χ4v) is 0.783. The first-order chi connectivity index (χ1) is 4.83. The van der Waals surface area contributed by atoms with Crippen molar-refractivity contribution in [3.05, 3.63) is 0 Å². The topological polar surface area (TPSA) is 32.3 Å². The van der Waals surface area contributed by atoms with Gasteiger partial charge in [0.15, 0.2) is 0 Å². The first-order valence-electron chi connectivity index (χ1n) is 3.66. The molecule has 0 aromatic heterocycles. The van der Waals surface area contributed by atoms with Crippen LogP contribution in [0, 0.1) is 11.8 Å². The second kappa shape index (κ2) is 3.60. The van der Waals surface area contributed by atoms with Crippen LogP contribution in [0.2, 0.25) is 0 Å². The van der Waals surface area contributed by atoms with Crippen LogP contribution < -0.4 is 5.32 Å². The van der Waals surface area contributed by atoms with Gasteiger partial charge in [-0.15, -0.1) is 5.92 Å². The normalized spacial score (nSPS) is 19.4. The molecule has 1 saturated carbocycles. The monoisotopic (exact) mass is 139 g/mol. The summed E-state index contributed by atoms with van der Waals surface area (Å²) < 4.78 is 0. The second-order valence-electron chi connectivity index (χ2n) is 2.59. The van der Waals surface area contributed by atoms with E-state index >= 15 is 0 Å². The zero-order valence-electron chi connectivity index (χ0n) is 6.22. The highest BCUT2D eigenvalue weighted by atomic mass is 16.3. The Kier molecular flexibility index (Phi) is 2.73. The molecule has 0 amide bonds. The molecule has 0 radical (unpaired) electrons. The van der Waals surface area contributed by atoms with Gasteiger partial charge in [0, 0.05) is 12.6 Å². The minimum Gasteiger partial charge on any atom is -0.379 e. The zero-order valence-corrected chi connectivity index (χ0v) is 6.22. The molecule has 1 aliphatic carbocycles. The molecule has 1 aliphatic rings. The summed E-state index contributed by atoms with van der Waals surface area (Å²) in [5.74, 6) is 5.34. The van der Waals surface area contributed by atoms with E-state index in [1.165, 1.54) is 12.8 Å². The van der Waals surface area contributed by atoms with Crippen molar-refractivity contribution in [1.82, 2.24) is 5.32 Å². The molecule has 2 N–H and O–H groups in total. The van der Waals surface area contributed by atoms with E-state index in [1.54, 1.807) is 6.92 Å². The number of rotatable bonds is 3. The predicted molar refractivity (Wildman–Crippen MR) is 40.5 cm³/mol. The van der Waals surface area contributed by atoms with Crippen molar-refractivity contribution in [1.29, 1.82) is 0 Å². The third-order valence-corrected chi connectivity index (χ3v) is 1.49. The summed E-state index contributed by atoms with van der Waals surface area (Å²) in [5.41, 5.74) is 0. The van der Waals surface area contributed by atoms with Gasteiger partial charge >= 0.3 is 0 Å². The minimum atomic E-state index is -0.481. The molecular weight excluding hydrogens is 126 g/mol. The van der Waals surface area contributed by atoms with Crippen LogP contribution in [0.3, 0.4) is 0 Å². The van der Waals surface area contributed by atoms with Gasteiger partial charge in [-0.1, -0.05) is 5.92 Å². The molecule has 0 aliphatic heterocycles. The molecule has 0 spiro atoms. The third kappa shape index (κ3) is 2.86. The van der Waals surface area contributed by atoms with Gasteiger partial charge in [0.05, 0.1) is 0 Å². The standard InChI is InChI=1S/C8H13NO/c1-2-3-8(10)6-9-7-4-5-7/h7-10H,4-6H2,1H3. The van der Waals surface area contributed by atoms with E-state index in [2.05, 4.69) is 17.2 Å². The van der Waals surface area contributed by atoms with Gasteiger partial charge < -0.3 is 10.4 Å². The quantitative estimate of drug-likeness (QED) is 0.544. The Morgan fingerprint density at radius 1 is 1.70 bits per heavy atom. The van der Waals surface area contributed by atoms with Gasteiger partial charge in [-0.25, -0.2) is 0 Å². The first-order valence-corrected chi connectivity index (χ1v) is 3.66. The molecule has 1 rings (SSSR count). The number of aliphatic hydroxyl groups is 1. The smallest absolute Gasteiger partial charge is 0.127 e. The third-order valence-electron chi connectivity index (χ3n) is 1.49. The Morgan fingerprint density at radius 3 is 2.90 bits per heavy atom. The minimum absolute atomic E-state index is 0.481. The van der Waals surface area contributed by atoms with Gasteiger partial charge in [-0.2, -0.15) is 0 Å². The highest BCUT2D eigenvalue weighted by molar-refractivity contribution is 5.02. The summed E-state index contributed by atoms with van der Waals surface area (Å²) in [6.07, 6.45) is 2.03. The van der Waals surface area contributed by atoms with Crippen LogP contribution in [0.5, 0.6) is 0 Å². The highest BCUT2D eigenvalue weighted by Gasteiger charge is 2.20. The first kappa shape index (κ1) is 7.59. The van der Waals surface area contributed by atoms with Gasteiger partial charge in [0.2, 0.25) is 0 Å². The summed E-state index contributed by atoms with van der Waals surface area (Å²) in [5, 5.41) is 12.3. The fourth-order valence-electron chi connectivity index (χ4n) is 0.783. The van der Waals surface area contributed by atoms with Crippen molar-refractivity contribution in [3.8, 4) is 11.8 Å². The average molecular weight is 139 g/mol. The maximum atomic E-state index is 9.09. The largest absolute Gasteiger partial charge is 0.379 e. The molecule has 0 aromatic rings. The summed E-state index contributed by atoms with van der Waals surface area (Å²) in [6, 6.07) is 0.660. The number of aliphatic hydroxyl groups excluding tert-OH is 1. The number of nitrogens with one attached hydrogen (secondary N) is 1. The van der Waals surface area contributed by atoms with E-state index in [1.807, 2.05) is 0 Å². The molecule has 0 heterocycles. The average Bonchev–Trinajstić information content (AvgIpc) is 2.67. The van der Waals surface area contributed by atoms with Gasteiger partial charge in [0.25, 0.3) is 0 Å². The van der Waals surface area contributed by atoms with Crippen LogP contribution in [0.25, 0.3) is 0 Å². The zero-order chi connectivity index (χ0) is 7.40. The lowest BCUT2D eigenvalue weighted by Gasteiger charge is -2.02. The Hall–Kier alpha value is -0.520. The van der Waals surface area contributed by atoms with Gasteiger partial charge in [-0.3, -0.25) is 0 Å². The van der Waals surface area contributed by atoms with Gasteiger partial charge in [-0.05, 0) is 19.8 Å². The fraction of sp³-hybridized carbons (Fsp3) is 0.750. The molecule has 1 fully saturated rings. The Bertz CT molecular complexity index is 152. The molecule has 0 aromatic carbocycles. The van der Waals surface area contributed by atoms with Crippen molar-refractivity contribution in [3.63, 3.8) is 0 Å². The molecule has 1 unspecified atom stereocenters. The van der Waals surface area contributed by atoms with E-state index in [4.69, 9.17) is 5.11 Å². The van der Waals surface area contributed by atoms with Crippen LogP contribution >= 0.6 is 0 Å². The van der Waals surface area contributed by atoms with E-state index in [9.17, 15) is 0 Å². The Morgan fingerprint density at radius 2 is 2.40 bits per heavy atom. The molecule has 2 heteroatoms. The van der Waals surface area contributed by atoms with Gasteiger partial charge in [0.1, 0.15) is 6.10 Å². The van der Waals surface area contributed by atoms with Crippen LogP contribution in [0.15, 0.2) is 0 Å². The molecule has 56 valence electrons. The molecule has 1 atom stereocenters. The van der Waals surface area contributed by atoms with E-state index in [0.29, 0.717) is 12.6 Å². The van der Waals surface area contributed by atoms with E-state index < -0.39 is 6.10 Å². The van der Waals surface area contributed by atoms with E-state index in [-0.39, 0.29) is 0 Å².